The van der Waals surface area contributed by atoms with Crippen molar-refractivity contribution < 1.29 is 9.26 Å². The van der Waals surface area contributed by atoms with Crippen molar-refractivity contribution in [1.29, 1.82) is 0 Å². The van der Waals surface area contributed by atoms with Crippen molar-refractivity contribution in [3.05, 3.63) is 83.3 Å². The van der Waals surface area contributed by atoms with Gasteiger partial charge in [-0.1, -0.05) is 59.4 Å². The van der Waals surface area contributed by atoms with Crippen LogP contribution in [0.15, 0.2) is 64.3 Å². The molecule has 2 aromatic carbocycles. The Balaban J connectivity index is 1.35. The molecule has 0 aliphatic heterocycles. The zero-order chi connectivity index (χ0) is 20.1. The lowest BCUT2D eigenvalue weighted by atomic mass is 10.1. The van der Waals surface area contributed by atoms with Crippen molar-refractivity contribution in [2.24, 2.45) is 0 Å². The molecule has 2 heterocycles. The van der Waals surface area contributed by atoms with Gasteiger partial charge in [-0.15, -0.1) is 10.2 Å². The first-order valence-corrected chi connectivity index (χ1v) is 10.0. The highest BCUT2D eigenvalue weighted by Crippen LogP contribution is 2.21. The minimum Gasteiger partial charge on any atom is -0.497 e. The zero-order valence-corrected chi connectivity index (χ0v) is 16.7. The summed E-state index contributed by atoms with van der Waals surface area (Å²) in [5.41, 5.74) is 2.21. The second-order valence-electron chi connectivity index (χ2n) is 6.35. The van der Waals surface area contributed by atoms with Crippen molar-refractivity contribution in [1.82, 2.24) is 25.0 Å². The highest BCUT2D eigenvalue weighted by atomic mass is 32.2. The van der Waals surface area contributed by atoms with Crippen LogP contribution in [0.2, 0.25) is 0 Å². The topological polar surface area (TPSA) is 105 Å². The minimum atomic E-state index is 0.472. The van der Waals surface area contributed by atoms with Crippen molar-refractivity contribution in [3.63, 3.8) is 0 Å². The van der Waals surface area contributed by atoms with E-state index < -0.39 is 0 Å². The van der Waals surface area contributed by atoms with Gasteiger partial charge < -0.3 is 15.1 Å². The maximum Gasteiger partial charge on any atom is 0.237 e. The third-order valence-corrected chi connectivity index (χ3v) is 5.22. The number of rotatable bonds is 8. The van der Waals surface area contributed by atoms with E-state index in [1.54, 1.807) is 7.11 Å². The number of aromatic nitrogens is 5. The summed E-state index contributed by atoms with van der Waals surface area (Å²) in [6, 6.07) is 17.8. The van der Waals surface area contributed by atoms with Gasteiger partial charge in [-0.3, -0.25) is 0 Å². The van der Waals surface area contributed by atoms with Crippen molar-refractivity contribution in [2.75, 3.05) is 13.0 Å². The van der Waals surface area contributed by atoms with E-state index in [0.29, 0.717) is 41.3 Å². The molecule has 29 heavy (non-hydrogen) atoms. The van der Waals surface area contributed by atoms with Crippen LogP contribution in [0.5, 0.6) is 5.75 Å². The second-order valence-corrected chi connectivity index (χ2v) is 7.29. The summed E-state index contributed by atoms with van der Waals surface area (Å²) in [6.45, 7) is 0. The van der Waals surface area contributed by atoms with Crippen LogP contribution in [0, 0.1) is 0 Å². The number of hydrogen-bond acceptors (Lipinski definition) is 8. The quantitative estimate of drug-likeness (QED) is 0.350. The van der Waals surface area contributed by atoms with Gasteiger partial charge in [0.15, 0.2) is 11.6 Å². The fourth-order valence-corrected chi connectivity index (χ4v) is 3.49. The van der Waals surface area contributed by atoms with Crippen LogP contribution in [-0.2, 0) is 18.6 Å². The number of thioether (sulfide) groups is 1. The molecule has 0 atom stereocenters. The average molecular weight is 408 g/mol. The Morgan fingerprint density at radius 1 is 1.00 bits per heavy atom. The summed E-state index contributed by atoms with van der Waals surface area (Å²) in [5, 5.41) is 13.0. The first-order valence-electron chi connectivity index (χ1n) is 9.02. The van der Waals surface area contributed by atoms with E-state index in [1.807, 2.05) is 54.6 Å². The van der Waals surface area contributed by atoms with E-state index in [4.69, 9.17) is 15.1 Å². The Bertz CT molecular complexity index is 1060. The van der Waals surface area contributed by atoms with E-state index in [1.165, 1.54) is 16.4 Å². The first kappa shape index (κ1) is 19.0. The molecule has 4 rings (SSSR count). The summed E-state index contributed by atoms with van der Waals surface area (Å²) < 4.78 is 12.0. The fourth-order valence-electron chi connectivity index (χ4n) is 2.78. The molecule has 9 heteroatoms. The number of nitrogen functional groups attached to an aromatic ring is 1. The highest BCUT2D eigenvalue weighted by molar-refractivity contribution is 7.98. The summed E-state index contributed by atoms with van der Waals surface area (Å²) in [5.74, 6) is 9.30. The lowest BCUT2D eigenvalue weighted by Gasteiger charge is -2.04. The Morgan fingerprint density at radius 2 is 1.76 bits per heavy atom. The third-order valence-electron chi connectivity index (χ3n) is 4.30. The second kappa shape index (κ2) is 8.78. The van der Waals surface area contributed by atoms with Crippen LogP contribution in [0.4, 0.5) is 0 Å². The van der Waals surface area contributed by atoms with Crippen molar-refractivity contribution in [3.8, 4) is 5.75 Å². The van der Waals surface area contributed by atoms with Crippen LogP contribution < -0.4 is 10.6 Å². The van der Waals surface area contributed by atoms with E-state index in [0.717, 1.165) is 16.9 Å². The van der Waals surface area contributed by atoms with Crippen LogP contribution in [0.1, 0.15) is 28.7 Å². The average Bonchev–Trinajstić information content (AvgIpc) is 3.34. The summed E-state index contributed by atoms with van der Waals surface area (Å²) in [7, 11) is 1.64. The molecule has 0 radical (unpaired) electrons. The Labute approximate surface area is 172 Å². The molecule has 0 aliphatic carbocycles. The number of benzene rings is 2. The molecule has 0 fully saturated rings. The van der Waals surface area contributed by atoms with Gasteiger partial charge in [-0.25, -0.2) is 4.68 Å². The third kappa shape index (κ3) is 4.75. The van der Waals surface area contributed by atoms with Crippen LogP contribution in [0.3, 0.4) is 0 Å². The summed E-state index contributed by atoms with van der Waals surface area (Å²) in [4.78, 5) is 4.43. The largest absolute Gasteiger partial charge is 0.497 e. The molecule has 2 N–H and O–H groups in total. The lowest BCUT2D eigenvalue weighted by Crippen LogP contribution is -2.14. The van der Waals surface area contributed by atoms with Crippen LogP contribution in [0.25, 0.3) is 0 Å². The molecule has 4 aromatic rings. The van der Waals surface area contributed by atoms with Gasteiger partial charge in [0.05, 0.1) is 12.9 Å². The SMILES string of the molecule is COc1ccc(Cc2nnc(SCc3nc(Cc4ccccc4)no3)n2N)cc1. The summed E-state index contributed by atoms with van der Waals surface area (Å²) >= 11 is 1.41. The molecule has 0 unspecified atom stereocenters. The number of nitrogens with zero attached hydrogens (tertiary/aromatic N) is 5. The van der Waals surface area contributed by atoms with Crippen LogP contribution in [-0.4, -0.2) is 32.1 Å². The number of ether oxygens (including phenoxy) is 1. The number of nitrogens with two attached hydrogens (primary N) is 1. The molecule has 148 valence electrons. The monoisotopic (exact) mass is 408 g/mol. The molecule has 0 amide bonds. The normalized spacial score (nSPS) is 10.9. The zero-order valence-electron chi connectivity index (χ0n) is 15.9. The molecular weight excluding hydrogens is 388 g/mol. The Hall–Kier alpha value is -3.33. The van der Waals surface area contributed by atoms with E-state index in [2.05, 4.69) is 20.3 Å². The predicted molar refractivity (Wildman–Crippen MR) is 109 cm³/mol. The first-order chi connectivity index (χ1) is 14.2. The predicted octanol–water partition coefficient (Wildman–Crippen LogP) is 2.86. The molecule has 8 nitrogen and oxygen atoms in total. The number of methoxy groups -OCH3 is 1. The van der Waals surface area contributed by atoms with Gasteiger partial charge >= 0.3 is 0 Å². The Morgan fingerprint density at radius 3 is 2.52 bits per heavy atom. The van der Waals surface area contributed by atoms with E-state index in [9.17, 15) is 0 Å². The lowest BCUT2D eigenvalue weighted by molar-refractivity contribution is 0.385. The minimum absolute atomic E-state index is 0.472. The molecular formula is C20H20N6O2S. The number of hydrogen-bond donors (Lipinski definition) is 1. The van der Waals surface area contributed by atoms with Crippen molar-refractivity contribution >= 4 is 11.8 Å². The van der Waals surface area contributed by atoms with Gasteiger partial charge in [0.2, 0.25) is 11.0 Å². The Kier molecular flexibility index (Phi) is 5.76. The summed E-state index contributed by atoms with van der Waals surface area (Å²) in [6.07, 6.45) is 1.21. The maximum atomic E-state index is 6.16. The van der Waals surface area contributed by atoms with E-state index in [-0.39, 0.29) is 0 Å². The molecule has 2 aromatic heterocycles. The molecule has 0 bridgehead atoms. The highest BCUT2D eigenvalue weighted by Gasteiger charge is 2.14. The smallest absolute Gasteiger partial charge is 0.237 e. The van der Waals surface area contributed by atoms with Crippen LogP contribution >= 0.6 is 11.8 Å². The van der Waals surface area contributed by atoms with E-state index >= 15 is 0 Å². The van der Waals surface area contributed by atoms with Gasteiger partial charge in [0, 0.05) is 12.8 Å². The van der Waals surface area contributed by atoms with Gasteiger partial charge in [-0.05, 0) is 23.3 Å². The molecule has 0 aliphatic rings. The van der Waals surface area contributed by atoms with Gasteiger partial charge in [-0.2, -0.15) is 4.98 Å². The molecule has 0 spiro atoms. The van der Waals surface area contributed by atoms with Crippen molar-refractivity contribution in [2.45, 2.75) is 23.8 Å². The van der Waals surface area contributed by atoms with Gasteiger partial charge in [0.25, 0.3) is 0 Å². The molecule has 0 saturated heterocycles. The standard InChI is InChI=1S/C20H20N6O2S/c1-27-16-9-7-15(8-10-16)12-18-23-24-20(26(18)21)29-13-19-22-17(25-28-19)11-14-5-3-2-4-6-14/h2-10H,11-13,21H2,1H3. The maximum absolute atomic E-state index is 6.16. The van der Waals surface area contributed by atoms with Gasteiger partial charge in [0.1, 0.15) is 5.75 Å². The molecule has 0 saturated carbocycles. The fraction of sp³-hybridized carbons (Fsp3) is 0.200.